The van der Waals surface area contributed by atoms with E-state index in [1.54, 1.807) is 12.3 Å². The van der Waals surface area contributed by atoms with E-state index in [1.807, 2.05) is 16.8 Å². The highest BCUT2D eigenvalue weighted by Gasteiger charge is 2.05. The van der Waals surface area contributed by atoms with E-state index in [0.717, 1.165) is 10.9 Å². The van der Waals surface area contributed by atoms with Crippen LogP contribution >= 0.6 is 0 Å². The number of rotatable bonds is 2. The van der Waals surface area contributed by atoms with Crippen LogP contribution in [0.2, 0.25) is 0 Å². The lowest BCUT2D eigenvalue weighted by atomic mass is 10.2. The molecule has 0 radical (unpaired) electrons. The first-order chi connectivity index (χ1) is 7.22. The number of fused-ring (bicyclic) bond motifs is 1. The zero-order valence-corrected chi connectivity index (χ0v) is 8.62. The number of hydrogen-bond acceptors (Lipinski definition) is 2. The smallest absolute Gasteiger partial charge is 0.0685 e. The summed E-state index contributed by atoms with van der Waals surface area (Å²) in [6.07, 6.45) is 1.78. The van der Waals surface area contributed by atoms with Gasteiger partial charge in [-0.2, -0.15) is 5.10 Å². The van der Waals surface area contributed by atoms with Gasteiger partial charge in [-0.05, 0) is 31.5 Å². The first-order valence-corrected chi connectivity index (χ1v) is 4.75. The third-order valence-electron chi connectivity index (χ3n) is 2.23. The van der Waals surface area contributed by atoms with Crippen molar-refractivity contribution in [3.8, 4) is 0 Å². The van der Waals surface area contributed by atoms with Gasteiger partial charge >= 0.3 is 0 Å². The van der Waals surface area contributed by atoms with E-state index in [4.69, 9.17) is 5.53 Å². The Balaban J connectivity index is 2.61. The van der Waals surface area contributed by atoms with Crippen LogP contribution < -0.4 is 0 Å². The topological polar surface area (TPSA) is 66.6 Å². The molecule has 0 saturated carbocycles. The summed E-state index contributed by atoms with van der Waals surface area (Å²) < 4.78 is 1.94. The summed E-state index contributed by atoms with van der Waals surface area (Å²) in [7, 11) is 0. The molecule has 0 fully saturated rings. The predicted molar refractivity (Wildman–Crippen MR) is 58.9 cm³/mol. The number of hydrogen-bond donors (Lipinski definition) is 0. The molecule has 0 aliphatic heterocycles. The van der Waals surface area contributed by atoms with Crippen LogP contribution in [0.25, 0.3) is 21.3 Å². The predicted octanol–water partition coefficient (Wildman–Crippen LogP) is 3.56. The molecule has 1 aromatic heterocycles. The van der Waals surface area contributed by atoms with Crippen LogP contribution in [0.5, 0.6) is 0 Å². The van der Waals surface area contributed by atoms with E-state index in [2.05, 4.69) is 29.0 Å². The summed E-state index contributed by atoms with van der Waals surface area (Å²) in [5.74, 6) is 0. The average molecular weight is 201 g/mol. The lowest BCUT2D eigenvalue weighted by Gasteiger charge is -2.06. The quantitative estimate of drug-likeness (QED) is 0.416. The molecule has 0 atom stereocenters. The Morgan fingerprint density at radius 2 is 2.27 bits per heavy atom. The molecule has 0 saturated heterocycles. The summed E-state index contributed by atoms with van der Waals surface area (Å²) >= 11 is 0. The van der Waals surface area contributed by atoms with Crippen molar-refractivity contribution in [2.24, 2.45) is 5.11 Å². The molecule has 0 aliphatic rings. The maximum absolute atomic E-state index is 8.32. The molecule has 5 heteroatoms. The highest BCUT2D eigenvalue weighted by molar-refractivity contribution is 5.81. The molecule has 0 N–H and O–H groups in total. The fourth-order valence-corrected chi connectivity index (χ4v) is 1.57. The van der Waals surface area contributed by atoms with E-state index < -0.39 is 0 Å². The molecule has 1 aromatic carbocycles. The van der Waals surface area contributed by atoms with Crippen LogP contribution in [0.3, 0.4) is 0 Å². The normalized spacial score (nSPS) is 10.6. The Morgan fingerprint density at radius 3 is 2.93 bits per heavy atom. The standard InChI is InChI=1S/C10H11N5/c1-7(2)15-10-4-3-9(13-14-11)5-8(10)6-12-15/h3-7H,1-2H3. The van der Waals surface area contributed by atoms with Crippen molar-refractivity contribution in [2.75, 3.05) is 0 Å². The second-order valence-electron chi connectivity index (χ2n) is 3.62. The minimum Gasteiger partial charge on any atom is -0.262 e. The van der Waals surface area contributed by atoms with E-state index >= 15 is 0 Å². The Kier molecular flexibility index (Phi) is 2.31. The molecule has 0 bridgehead atoms. The van der Waals surface area contributed by atoms with Crippen LogP contribution in [-0.2, 0) is 0 Å². The summed E-state index contributed by atoms with van der Waals surface area (Å²) in [6, 6.07) is 5.88. The van der Waals surface area contributed by atoms with Crippen molar-refractivity contribution in [1.29, 1.82) is 0 Å². The fraction of sp³-hybridized carbons (Fsp3) is 0.300. The van der Waals surface area contributed by atoms with Crippen molar-refractivity contribution >= 4 is 16.6 Å². The van der Waals surface area contributed by atoms with E-state index in [0.29, 0.717) is 11.7 Å². The van der Waals surface area contributed by atoms with Crippen molar-refractivity contribution < 1.29 is 0 Å². The molecular weight excluding hydrogens is 190 g/mol. The number of benzene rings is 1. The maximum Gasteiger partial charge on any atom is 0.0685 e. The number of aromatic nitrogens is 2. The molecule has 15 heavy (non-hydrogen) atoms. The third kappa shape index (κ3) is 1.65. The summed E-state index contributed by atoms with van der Waals surface area (Å²) in [5.41, 5.74) is 10.00. The zero-order chi connectivity index (χ0) is 10.8. The SMILES string of the molecule is CC(C)n1ncc2cc(N=[N+]=[N-])ccc21. The monoisotopic (exact) mass is 201 g/mol. The third-order valence-corrected chi connectivity index (χ3v) is 2.23. The zero-order valence-electron chi connectivity index (χ0n) is 8.62. The molecule has 0 aliphatic carbocycles. The molecule has 1 heterocycles. The first kappa shape index (κ1) is 9.55. The van der Waals surface area contributed by atoms with Gasteiger partial charge < -0.3 is 0 Å². The highest BCUT2D eigenvalue weighted by atomic mass is 15.3. The van der Waals surface area contributed by atoms with Crippen molar-refractivity contribution in [3.05, 3.63) is 34.8 Å². The van der Waals surface area contributed by atoms with E-state index in [9.17, 15) is 0 Å². The van der Waals surface area contributed by atoms with Crippen LogP contribution in [0.1, 0.15) is 19.9 Å². The molecule has 2 aromatic rings. The van der Waals surface area contributed by atoms with Gasteiger partial charge in [0.05, 0.1) is 11.7 Å². The van der Waals surface area contributed by atoms with Gasteiger partial charge in [0.2, 0.25) is 0 Å². The maximum atomic E-state index is 8.32. The Bertz CT molecular complexity index is 534. The molecular formula is C10H11N5. The van der Waals surface area contributed by atoms with Gasteiger partial charge in [0.1, 0.15) is 0 Å². The van der Waals surface area contributed by atoms with Crippen LogP contribution in [0, 0.1) is 0 Å². The summed E-state index contributed by atoms with van der Waals surface area (Å²) in [5, 5.41) is 8.83. The van der Waals surface area contributed by atoms with Gasteiger partial charge in [0.15, 0.2) is 0 Å². The lowest BCUT2D eigenvalue weighted by Crippen LogP contribution is -2.01. The lowest BCUT2D eigenvalue weighted by molar-refractivity contribution is 0.551. The van der Waals surface area contributed by atoms with Crippen molar-refractivity contribution in [1.82, 2.24) is 9.78 Å². The van der Waals surface area contributed by atoms with Crippen molar-refractivity contribution in [3.63, 3.8) is 0 Å². The van der Waals surface area contributed by atoms with E-state index in [-0.39, 0.29) is 0 Å². The summed E-state index contributed by atoms with van der Waals surface area (Å²) in [6.45, 7) is 4.15. The van der Waals surface area contributed by atoms with Gasteiger partial charge in [-0.15, -0.1) is 0 Å². The molecule has 0 amide bonds. The molecule has 76 valence electrons. The number of azide groups is 1. The van der Waals surface area contributed by atoms with Crippen molar-refractivity contribution in [2.45, 2.75) is 19.9 Å². The van der Waals surface area contributed by atoms with Crippen LogP contribution in [0.15, 0.2) is 29.5 Å². The minimum absolute atomic E-state index is 0.327. The van der Waals surface area contributed by atoms with Gasteiger partial charge in [0, 0.05) is 22.0 Å². The first-order valence-electron chi connectivity index (χ1n) is 4.75. The Morgan fingerprint density at radius 1 is 1.47 bits per heavy atom. The number of nitrogens with zero attached hydrogens (tertiary/aromatic N) is 5. The van der Waals surface area contributed by atoms with Crippen LogP contribution in [0.4, 0.5) is 5.69 Å². The van der Waals surface area contributed by atoms with Gasteiger partial charge in [-0.3, -0.25) is 4.68 Å². The van der Waals surface area contributed by atoms with Gasteiger partial charge in [-0.25, -0.2) is 0 Å². The molecule has 0 spiro atoms. The van der Waals surface area contributed by atoms with Crippen LogP contribution in [-0.4, -0.2) is 9.78 Å². The van der Waals surface area contributed by atoms with Gasteiger partial charge in [0.25, 0.3) is 0 Å². The summed E-state index contributed by atoms with van der Waals surface area (Å²) in [4.78, 5) is 2.75. The molecule has 0 unspecified atom stereocenters. The Labute approximate surface area is 86.9 Å². The second kappa shape index (κ2) is 3.63. The van der Waals surface area contributed by atoms with Gasteiger partial charge in [-0.1, -0.05) is 11.2 Å². The Hall–Kier alpha value is -2.00. The highest BCUT2D eigenvalue weighted by Crippen LogP contribution is 2.23. The molecule has 5 nitrogen and oxygen atoms in total. The largest absolute Gasteiger partial charge is 0.262 e. The van der Waals surface area contributed by atoms with E-state index in [1.165, 1.54) is 0 Å². The minimum atomic E-state index is 0.327. The average Bonchev–Trinajstić information content (AvgIpc) is 2.61. The molecule has 2 rings (SSSR count). The second-order valence-corrected chi connectivity index (χ2v) is 3.62. The fourth-order valence-electron chi connectivity index (χ4n) is 1.57.